The number of carbonyl (C=O) groups excluding carboxylic acids is 1. The highest BCUT2D eigenvalue weighted by Crippen LogP contribution is 2.11. The Balaban J connectivity index is 2.17. The average molecular weight is 233 g/mol. The number of halogens is 1. The van der Waals surface area contributed by atoms with E-state index in [9.17, 15) is 9.18 Å². The molecule has 0 atom stereocenters. The molecule has 0 aliphatic carbocycles. The van der Waals surface area contributed by atoms with Crippen LogP contribution in [-0.4, -0.2) is 15.7 Å². The van der Waals surface area contributed by atoms with Crippen molar-refractivity contribution in [1.82, 2.24) is 9.78 Å². The van der Waals surface area contributed by atoms with Crippen LogP contribution in [0.5, 0.6) is 0 Å². The molecule has 0 saturated heterocycles. The fourth-order valence-electron chi connectivity index (χ4n) is 1.47. The van der Waals surface area contributed by atoms with Gasteiger partial charge in [0.15, 0.2) is 0 Å². The molecule has 1 aromatic heterocycles. The monoisotopic (exact) mass is 233 g/mol. The number of nitrogens with zero attached hydrogens (tertiary/aromatic N) is 2. The van der Waals surface area contributed by atoms with Crippen LogP contribution >= 0.6 is 0 Å². The molecule has 1 heterocycles. The van der Waals surface area contributed by atoms with Crippen LogP contribution in [-0.2, 0) is 7.05 Å². The zero-order valence-corrected chi connectivity index (χ0v) is 9.57. The Labute approximate surface area is 98.1 Å². The highest BCUT2D eigenvalue weighted by molar-refractivity contribution is 6.04. The summed E-state index contributed by atoms with van der Waals surface area (Å²) in [5.74, 6) is -0.593. The summed E-state index contributed by atoms with van der Waals surface area (Å²) in [7, 11) is 1.76. The Morgan fingerprint density at radius 1 is 1.47 bits per heavy atom. The predicted molar refractivity (Wildman–Crippen MR) is 62.3 cm³/mol. The van der Waals surface area contributed by atoms with E-state index in [0.29, 0.717) is 16.8 Å². The van der Waals surface area contributed by atoms with Gasteiger partial charge in [0.1, 0.15) is 5.82 Å². The van der Waals surface area contributed by atoms with Crippen LogP contribution < -0.4 is 5.32 Å². The lowest BCUT2D eigenvalue weighted by Gasteiger charge is -2.03. The van der Waals surface area contributed by atoms with Crippen molar-refractivity contribution in [1.29, 1.82) is 0 Å². The summed E-state index contributed by atoms with van der Waals surface area (Å²) < 4.78 is 14.6. The number of aromatic nitrogens is 2. The largest absolute Gasteiger partial charge is 0.319 e. The first-order valence-corrected chi connectivity index (χ1v) is 5.12. The Morgan fingerprint density at radius 2 is 2.24 bits per heavy atom. The van der Waals surface area contributed by atoms with Gasteiger partial charge >= 0.3 is 0 Å². The fourth-order valence-corrected chi connectivity index (χ4v) is 1.47. The number of benzene rings is 1. The van der Waals surface area contributed by atoms with Crippen molar-refractivity contribution in [2.24, 2.45) is 7.05 Å². The second kappa shape index (κ2) is 4.37. The standard InChI is InChI=1S/C12H12FN3O/c1-8-5-9(3-4-11(8)13)12(17)15-10-6-14-16(2)7-10/h3-7H,1-2H3,(H,15,17). The van der Waals surface area contributed by atoms with Crippen molar-refractivity contribution in [2.75, 3.05) is 5.32 Å². The summed E-state index contributed by atoms with van der Waals surface area (Å²) in [6.07, 6.45) is 3.24. The zero-order valence-electron chi connectivity index (χ0n) is 9.57. The minimum absolute atomic E-state index is 0.277. The minimum atomic E-state index is -0.317. The zero-order chi connectivity index (χ0) is 12.4. The fraction of sp³-hybridized carbons (Fsp3) is 0.167. The molecule has 0 spiro atoms. The summed E-state index contributed by atoms with van der Waals surface area (Å²) >= 11 is 0. The van der Waals surface area contributed by atoms with Crippen LogP contribution in [0.3, 0.4) is 0 Å². The van der Waals surface area contributed by atoms with Crippen LogP contribution in [0.4, 0.5) is 10.1 Å². The third-order valence-electron chi connectivity index (χ3n) is 2.38. The molecule has 0 bridgehead atoms. The van der Waals surface area contributed by atoms with Crippen LogP contribution in [0.25, 0.3) is 0 Å². The number of hydrogen-bond donors (Lipinski definition) is 1. The summed E-state index contributed by atoms with van der Waals surface area (Å²) in [6.45, 7) is 1.62. The smallest absolute Gasteiger partial charge is 0.255 e. The van der Waals surface area contributed by atoms with Gasteiger partial charge in [0, 0.05) is 18.8 Å². The first kappa shape index (κ1) is 11.3. The van der Waals surface area contributed by atoms with E-state index in [1.807, 2.05) is 0 Å². The second-order valence-corrected chi connectivity index (χ2v) is 3.82. The van der Waals surface area contributed by atoms with Crippen molar-refractivity contribution in [3.8, 4) is 0 Å². The van der Waals surface area contributed by atoms with E-state index in [-0.39, 0.29) is 11.7 Å². The number of hydrogen-bond acceptors (Lipinski definition) is 2. The number of carbonyl (C=O) groups is 1. The molecule has 0 fully saturated rings. The first-order valence-electron chi connectivity index (χ1n) is 5.12. The molecule has 17 heavy (non-hydrogen) atoms. The Hall–Kier alpha value is -2.17. The van der Waals surface area contributed by atoms with E-state index in [1.54, 1.807) is 31.0 Å². The van der Waals surface area contributed by atoms with E-state index in [4.69, 9.17) is 0 Å². The van der Waals surface area contributed by atoms with Crippen LogP contribution in [0.1, 0.15) is 15.9 Å². The van der Waals surface area contributed by atoms with Crippen molar-refractivity contribution < 1.29 is 9.18 Å². The van der Waals surface area contributed by atoms with E-state index >= 15 is 0 Å². The molecule has 2 aromatic rings. The average Bonchev–Trinajstić information content (AvgIpc) is 2.68. The first-order chi connectivity index (χ1) is 8.06. The third kappa shape index (κ3) is 2.50. The van der Waals surface area contributed by atoms with Gasteiger partial charge in [0.25, 0.3) is 5.91 Å². The minimum Gasteiger partial charge on any atom is -0.319 e. The Kier molecular flexibility index (Phi) is 2.91. The van der Waals surface area contributed by atoms with E-state index < -0.39 is 0 Å². The maximum atomic E-state index is 13.0. The highest BCUT2D eigenvalue weighted by atomic mass is 19.1. The van der Waals surface area contributed by atoms with Gasteiger partial charge < -0.3 is 5.32 Å². The number of aryl methyl sites for hydroxylation is 2. The molecule has 0 aliphatic heterocycles. The van der Waals surface area contributed by atoms with Gasteiger partial charge in [-0.2, -0.15) is 5.10 Å². The van der Waals surface area contributed by atoms with Crippen LogP contribution in [0.15, 0.2) is 30.6 Å². The molecule has 0 saturated carbocycles. The summed E-state index contributed by atoms with van der Waals surface area (Å²) in [5.41, 5.74) is 1.48. The highest BCUT2D eigenvalue weighted by Gasteiger charge is 2.08. The van der Waals surface area contributed by atoms with E-state index in [1.165, 1.54) is 18.2 Å². The molecule has 0 radical (unpaired) electrons. The quantitative estimate of drug-likeness (QED) is 0.863. The van der Waals surface area contributed by atoms with Gasteiger partial charge in [-0.25, -0.2) is 4.39 Å². The SMILES string of the molecule is Cc1cc(C(=O)Nc2cnn(C)c2)ccc1F. The summed E-state index contributed by atoms with van der Waals surface area (Å²) in [5, 5.41) is 6.62. The molecule has 2 rings (SSSR count). The second-order valence-electron chi connectivity index (χ2n) is 3.82. The molecular formula is C12H12FN3O. The van der Waals surface area contributed by atoms with Gasteiger partial charge in [-0.05, 0) is 30.7 Å². The van der Waals surface area contributed by atoms with E-state index in [0.717, 1.165) is 0 Å². The summed E-state index contributed by atoms with van der Waals surface area (Å²) in [4.78, 5) is 11.8. The van der Waals surface area contributed by atoms with Crippen molar-refractivity contribution >= 4 is 11.6 Å². The van der Waals surface area contributed by atoms with Crippen molar-refractivity contribution in [3.05, 3.63) is 47.5 Å². The van der Waals surface area contributed by atoms with Gasteiger partial charge in [0.2, 0.25) is 0 Å². The number of rotatable bonds is 2. The molecule has 0 aliphatic rings. The third-order valence-corrected chi connectivity index (χ3v) is 2.38. The molecule has 5 heteroatoms. The maximum Gasteiger partial charge on any atom is 0.255 e. The number of nitrogens with one attached hydrogen (secondary N) is 1. The molecule has 0 unspecified atom stereocenters. The number of amides is 1. The lowest BCUT2D eigenvalue weighted by Crippen LogP contribution is -2.11. The molecular weight excluding hydrogens is 221 g/mol. The molecule has 1 amide bonds. The molecule has 4 nitrogen and oxygen atoms in total. The van der Waals surface area contributed by atoms with E-state index in [2.05, 4.69) is 10.4 Å². The maximum absolute atomic E-state index is 13.0. The predicted octanol–water partition coefficient (Wildman–Crippen LogP) is 2.12. The molecule has 88 valence electrons. The van der Waals surface area contributed by atoms with Crippen molar-refractivity contribution in [2.45, 2.75) is 6.92 Å². The Bertz CT molecular complexity index is 563. The van der Waals surface area contributed by atoms with Gasteiger partial charge in [0.05, 0.1) is 11.9 Å². The van der Waals surface area contributed by atoms with Gasteiger partial charge in [-0.1, -0.05) is 0 Å². The lowest BCUT2D eigenvalue weighted by molar-refractivity contribution is 0.102. The lowest BCUT2D eigenvalue weighted by atomic mass is 10.1. The van der Waals surface area contributed by atoms with Crippen LogP contribution in [0, 0.1) is 12.7 Å². The van der Waals surface area contributed by atoms with Crippen LogP contribution in [0.2, 0.25) is 0 Å². The van der Waals surface area contributed by atoms with Crippen molar-refractivity contribution in [3.63, 3.8) is 0 Å². The van der Waals surface area contributed by atoms with Gasteiger partial charge in [-0.15, -0.1) is 0 Å². The Morgan fingerprint density at radius 3 is 2.82 bits per heavy atom. The normalized spacial score (nSPS) is 10.3. The number of anilines is 1. The topological polar surface area (TPSA) is 46.9 Å². The molecule has 1 N–H and O–H groups in total. The molecule has 1 aromatic carbocycles. The summed E-state index contributed by atoms with van der Waals surface area (Å²) in [6, 6.07) is 4.25. The van der Waals surface area contributed by atoms with Gasteiger partial charge in [-0.3, -0.25) is 9.48 Å².